The molecule has 0 fully saturated rings. The molecule has 0 saturated carbocycles. The van der Waals surface area contributed by atoms with Crippen molar-refractivity contribution in [2.24, 2.45) is 0 Å². The van der Waals surface area contributed by atoms with Crippen LogP contribution in [0.4, 0.5) is 34.1 Å². The van der Waals surface area contributed by atoms with Crippen LogP contribution in [0, 0.1) is 0 Å². The molecule has 1 unspecified atom stereocenters. The number of nitrogens with zero attached hydrogens (tertiary/aromatic N) is 2. The third-order valence-corrected chi connectivity index (χ3v) is 19.5. The molecule has 0 heterocycles. The van der Waals surface area contributed by atoms with Crippen LogP contribution in [-0.4, -0.2) is 14.2 Å². The molecule has 0 aromatic heterocycles. The fraction of sp³-hybridized carbons (Fsp3) is 0.0435. The van der Waals surface area contributed by atoms with Gasteiger partial charge in [0.25, 0.3) is 0 Å². The van der Waals surface area contributed by atoms with Gasteiger partial charge in [-0.05, 0) is 235 Å². The van der Waals surface area contributed by atoms with E-state index in [9.17, 15) is 0 Å². The van der Waals surface area contributed by atoms with Crippen molar-refractivity contribution < 1.29 is 18.9 Å². The van der Waals surface area contributed by atoms with Crippen molar-refractivity contribution in [2.75, 3.05) is 24.0 Å². The Bertz CT molecular complexity index is 4880. The summed E-state index contributed by atoms with van der Waals surface area (Å²) in [6.45, 7) is 7.84. The number of fused-ring (bicyclic) bond motifs is 6. The fourth-order valence-corrected chi connectivity index (χ4v) is 14.9. The molecule has 0 radical (unpaired) electrons. The highest BCUT2D eigenvalue weighted by Gasteiger charge is 2.48. The van der Waals surface area contributed by atoms with Crippen LogP contribution in [0.3, 0.4) is 0 Å². The lowest BCUT2D eigenvalue weighted by Gasteiger charge is -2.35. The Morgan fingerprint density at radius 1 is 0.255 bits per heavy atom. The Hall–Kier alpha value is -12.6. The van der Waals surface area contributed by atoms with E-state index in [2.05, 4.69) is 314 Å². The molecule has 6 heteroatoms. The van der Waals surface area contributed by atoms with Crippen molar-refractivity contribution in [3.8, 4) is 67.9 Å². The Morgan fingerprint density at radius 2 is 0.531 bits per heavy atom. The molecule has 98 heavy (non-hydrogen) atoms. The van der Waals surface area contributed by atoms with Gasteiger partial charge in [0.05, 0.1) is 25.0 Å². The lowest BCUT2D eigenvalue weighted by Crippen LogP contribution is -2.28. The van der Waals surface area contributed by atoms with E-state index in [1.807, 2.05) is 60.7 Å². The summed E-state index contributed by atoms with van der Waals surface area (Å²) in [6.07, 6.45) is 3.67. The average Bonchev–Trinajstić information content (AvgIpc) is 1.52. The molecular weight excluding hydrogens is 1200 g/mol. The monoisotopic (exact) mass is 1260 g/mol. The minimum atomic E-state index is -0.704. The zero-order valence-electron chi connectivity index (χ0n) is 54.4. The molecule has 0 aliphatic heterocycles. The van der Waals surface area contributed by atoms with Crippen molar-refractivity contribution >= 4 is 46.3 Å². The maximum atomic E-state index is 6.44. The molecule has 16 rings (SSSR count). The molecule has 2 atom stereocenters. The molecule has 0 N–H and O–H groups in total. The molecule has 14 aromatic rings. The fourth-order valence-electron chi connectivity index (χ4n) is 14.9. The zero-order chi connectivity index (χ0) is 66.2. The van der Waals surface area contributed by atoms with Crippen molar-refractivity contribution in [1.82, 2.24) is 0 Å². The first-order valence-electron chi connectivity index (χ1n) is 33.0. The maximum absolute atomic E-state index is 6.44. The molecule has 0 saturated heterocycles. The van der Waals surface area contributed by atoms with Crippen LogP contribution in [0.5, 0.6) is 34.5 Å². The number of ether oxygens (including phenoxy) is 4. The van der Waals surface area contributed by atoms with Gasteiger partial charge in [0, 0.05) is 34.1 Å². The molecule has 470 valence electrons. The van der Waals surface area contributed by atoms with Gasteiger partial charge in [0.2, 0.25) is 0 Å². The predicted molar refractivity (Wildman–Crippen MR) is 402 cm³/mol. The number of hydrogen-bond acceptors (Lipinski definition) is 6. The van der Waals surface area contributed by atoms with Gasteiger partial charge in [-0.1, -0.05) is 219 Å². The van der Waals surface area contributed by atoms with Crippen molar-refractivity contribution in [1.29, 1.82) is 0 Å². The molecule has 2 aliphatic carbocycles. The van der Waals surface area contributed by atoms with E-state index in [0.29, 0.717) is 0 Å². The summed E-state index contributed by atoms with van der Waals surface area (Å²) in [5.74, 6) is 4.63. The zero-order valence-corrected chi connectivity index (χ0v) is 54.4. The summed E-state index contributed by atoms with van der Waals surface area (Å²) in [5.41, 5.74) is 23.1. The number of methoxy groups -OCH3 is 2. The van der Waals surface area contributed by atoms with E-state index in [1.165, 1.54) is 44.5 Å². The minimum absolute atomic E-state index is 0.704. The second kappa shape index (κ2) is 25.6. The molecule has 14 aromatic carbocycles. The van der Waals surface area contributed by atoms with Crippen LogP contribution in [-0.2, 0) is 10.8 Å². The Balaban J connectivity index is 0.758. The van der Waals surface area contributed by atoms with Gasteiger partial charge in [0.1, 0.15) is 34.5 Å². The molecule has 0 bridgehead atoms. The second-order valence-corrected chi connectivity index (χ2v) is 24.7. The van der Waals surface area contributed by atoms with Gasteiger partial charge in [0.15, 0.2) is 0 Å². The van der Waals surface area contributed by atoms with Crippen molar-refractivity contribution in [2.45, 2.75) is 10.8 Å². The highest BCUT2D eigenvalue weighted by atomic mass is 16.5. The normalized spacial score (nSPS) is 14.6. The van der Waals surface area contributed by atoms with Gasteiger partial charge in [-0.2, -0.15) is 0 Å². The number of benzene rings is 14. The smallest absolute Gasteiger partial charge is 0.127 e. The van der Waals surface area contributed by atoms with E-state index >= 15 is 0 Å². The summed E-state index contributed by atoms with van der Waals surface area (Å²) in [5, 5.41) is 0. The van der Waals surface area contributed by atoms with Gasteiger partial charge in [-0.3, -0.25) is 0 Å². The third kappa shape index (κ3) is 10.6. The molecular formula is C92H68N2O4. The average molecular weight is 1270 g/mol. The van der Waals surface area contributed by atoms with Crippen molar-refractivity contribution in [3.63, 3.8) is 0 Å². The molecule has 6 nitrogen and oxygen atoms in total. The molecule has 0 spiro atoms. The second-order valence-electron chi connectivity index (χ2n) is 24.7. The molecule has 0 amide bonds. The van der Waals surface area contributed by atoms with E-state index < -0.39 is 10.8 Å². The third-order valence-electron chi connectivity index (χ3n) is 19.5. The lowest BCUT2D eigenvalue weighted by molar-refractivity contribution is 0.414. The first-order valence-corrected chi connectivity index (χ1v) is 33.0. The van der Waals surface area contributed by atoms with E-state index in [1.54, 1.807) is 14.2 Å². The first-order chi connectivity index (χ1) is 48.3. The standard InChI is InChI=1S/C92H68N2O4/c1-5-63-25-47-79(48-26-63)97-81-55-37-69(38-56-81)91(67-33-51-77(95-3)52-34-67)87-23-15-13-21-83(87)85-59-45-75(61-89(85)91)93(71-17-9-7-10-18-71)73-41-29-65(30-42-73)66-31-43-74(44-32-66)94(72-19-11-8-12-20-72)76-46-60-86-84-22-14-16-24-88(84)92(90(86)62-76,68-35-53-78(96-4)54-36-68)70-39-57-82(58-40-70)98-80-49-27-64(6-2)28-50-80/h5-62H,1-2H2,3-4H3/t91-,92?/m0/s1. The molecule has 2 aliphatic rings. The van der Waals surface area contributed by atoms with Crippen LogP contribution in [0.15, 0.2) is 353 Å². The summed E-state index contributed by atoms with van der Waals surface area (Å²) in [7, 11) is 3.44. The Morgan fingerprint density at radius 3 is 0.857 bits per heavy atom. The van der Waals surface area contributed by atoms with E-state index in [0.717, 1.165) is 113 Å². The van der Waals surface area contributed by atoms with Gasteiger partial charge in [-0.25, -0.2) is 0 Å². The highest BCUT2D eigenvalue weighted by molar-refractivity contribution is 5.92. The van der Waals surface area contributed by atoms with Crippen LogP contribution in [0.25, 0.3) is 45.5 Å². The maximum Gasteiger partial charge on any atom is 0.127 e. The van der Waals surface area contributed by atoms with E-state index in [-0.39, 0.29) is 0 Å². The Labute approximate surface area is 573 Å². The summed E-state index contributed by atoms with van der Waals surface area (Å²) in [4.78, 5) is 4.74. The summed E-state index contributed by atoms with van der Waals surface area (Å²) < 4.78 is 24.4. The van der Waals surface area contributed by atoms with Crippen LogP contribution >= 0.6 is 0 Å². The lowest BCUT2D eigenvalue weighted by atomic mass is 9.67. The summed E-state index contributed by atoms with van der Waals surface area (Å²) >= 11 is 0. The van der Waals surface area contributed by atoms with Crippen molar-refractivity contribution in [3.05, 3.63) is 409 Å². The van der Waals surface area contributed by atoms with Gasteiger partial charge in [-0.15, -0.1) is 0 Å². The van der Waals surface area contributed by atoms with Crippen LogP contribution in [0.2, 0.25) is 0 Å². The first kappa shape index (κ1) is 60.3. The van der Waals surface area contributed by atoms with Gasteiger partial charge >= 0.3 is 0 Å². The van der Waals surface area contributed by atoms with Crippen LogP contribution in [0.1, 0.15) is 55.6 Å². The number of anilines is 6. The SMILES string of the molecule is C=Cc1ccc(Oc2ccc(C3(c4ccc(OC)cc4)c4ccccc4-c4ccc(N(c5ccccc5)c5ccc(-c6ccc(N(c7ccccc7)c7ccc8c(c7)[C@@](c7ccc(OC)cc7)(c7ccc(Oc9ccc(C=C)cc9)cc7)c7ccccc7-8)cc6)cc5)cc43)cc2)cc1. The topological polar surface area (TPSA) is 43.4 Å². The largest absolute Gasteiger partial charge is 0.497 e. The number of hydrogen-bond donors (Lipinski definition) is 0. The van der Waals surface area contributed by atoms with E-state index in [4.69, 9.17) is 18.9 Å². The quantitative estimate of drug-likeness (QED) is 0.0804. The number of rotatable bonds is 19. The number of para-hydroxylation sites is 2. The Kier molecular flexibility index (Phi) is 15.7. The highest BCUT2D eigenvalue weighted by Crippen LogP contribution is 2.60. The minimum Gasteiger partial charge on any atom is -0.497 e. The van der Waals surface area contributed by atoms with Gasteiger partial charge < -0.3 is 28.7 Å². The summed E-state index contributed by atoms with van der Waals surface area (Å²) in [6, 6.07) is 121. The van der Waals surface area contributed by atoms with Crippen LogP contribution < -0.4 is 28.7 Å². The predicted octanol–water partition coefficient (Wildman–Crippen LogP) is 23.9.